The SMILES string of the molecule is CCC[C@H](Nc1cc(-c2c(N)nn3ccc(C(F)(F)F)nc23)ncn1)c1ccc(F)cc1F.[HH].[HH]. The Morgan fingerprint density at radius 1 is 1.15 bits per heavy atom. The lowest BCUT2D eigenvalue weighted by atomic mass is 10.0. The third-order valence-electron chi connectivity index (χ3n) is 4.96. The third kappa shape index (κ3) is 4.54. The van der Waals surface area contributed by atoms with Gasteiger partial charge in [-0.3, -0.25) is 0 Å². The molecule has 1 aromatic carbocycles. The van der Waals surface area contributed by atoms with Gasteiger partial charge in [-0.2, -0.15) is 13.2 Å². The van der Waals surface area contributed by atoms with Crippen molar-refractivity contribution >= 4 is 17.3 Å². The summed E-state index contributed by atoms with van der Waals surface area (Å²) in [5.74, 6) is -1.19. The number of nitrogen functional groups attached to an aromatic ring is 1. The summed E-state index contributed by atoms with van der Waals surface area (Å²) in [7, 11) is 0. The number of fused-ring (bicyclic) bond motifs is 1. The minimum atomic E-state index is -4.65. The van der Waals surface area contributed by atoms with Crippen LogP contribution in [0, 0.1) is 11.6 Å². The molecule has 12 heteroatoms. The first-order valence-electron chi connectivity index (χ1n) is 9.93. The van der Waals surface area contributed by atoms with Crippen LogP contribution in [0.5, 0.6) is 0 Å². The van der Waals surface area contributed by atoms with Crippen LogP contribution < -0.4 is 11.1 Å². The van der Waals surface area contributed by atoms with Crippen LogP contribution in [0.1, 0.15) is 39.9 Å². The zero-order chi connectivity index (χ0) is 23.8. The van der Waals surface area contributed by atoms with Gasteiger partial charge in [0, 0.05) is 26.7 Å². The predicted molar refractivity (Wildman–Crippen MR) is 115 cm³/mol. The second-order valence-corrected chi connectivity index (χ2v) is 7.28. The molecule has 0 fully saturated rings. The lowest BCUT2D eigenvalue weighted by molar-refractivity contribution is -0.141. The lowest BCUT2D eigenvalue weighted by Crippen LogP contribution is -2.14. The van der Waals surface area contributed by atoms with Crippen LogP contribution in [0.2, 0.25) is 0 Å². The molecular formula is C21H22F5N7. The minimum Gasteiger partial charge on any atom is -0.382 e. The number of rotatable bonds is 6. The van der Waals surface area contributed by atoms with Gasteiger partial charge >= 0.3 is 6.18 Å². The van der Waals surface area contributed by atoms with Crippen molar-refractivity contribution in [3.05, 3.63) is 65.7 Å². The average Bonchev–Trinajstić information content (AvgIpc) is 3.08. The highest BCUT2D eigenvalue weighted by molar-refractivity contribution is 5.85. The number of benzene rings is 1. The summed E-state index contributed by atoms with van der Waals surface area (Å²) in [6.45, 7) is 1.91. The Morgan fingerprint density at radius 2 is 1.94 bits per heavy atom. The summed E-state index contributed by atoms with van der Waals surface area (Å²) in [5, 5.41) is 7.08. The number of anilines is 2. The highest BCUT2D eigenvalue weighted by Crippen LogP contribution is 2.33. The number of nitrogens with one attached hydrogen (secondary N) is 1. The van der Waals surface area contributed by atoms with Gasteiger partial charge in [0.25, 0.3) is 0 Å². The predicted octanol–water partition coefficient (Wildman–Crippen LogP) is 5.51. The van der Waals surface area contributed by atoms with E-state index in [1.807, 2.05) is 6.92 Å². The van der Waals surface area contributed by atoms with Crippen molar-refractivity contribution < 1.29 is 24.8 Å². The topological polar surface area (TPSA) is 94.0 Å². The van der Waals surface area contributed by atoms with Crippen molar-refractivity contribution in [2.75, 3.05) is 11.1 Å². The molecule has 0 saturated heterocycles. The normalized spacial score (nSPS) is 12.8. The molecule has 3 aromatic heterocycles. The van der Waals surface area contributed by atoms with E-state index in [0.717, 1.165) is 28.9 Å². The first-order valence-corrected chi connectivity index (χ1v) is 9.93. The first-order chi connectivity index (χ1) is 15.7. The molecule has 0 aliphatic carbocycles. The van der Waals surface area contributed by atoms with Gasteiger partial charge in [0.05, 0.1) is 17.3 Å². The van der Waals surface area contributed by atoms with Gasteiger partial charge in [-0.05, 0) is 18.6 Å². The molecular weight excluding hydrogens is 445 g/mol. The highest BCUT2D eigenvalue weighted by atomic mass is 19.4. The summed E-state index contributed by atoms with van der Waals surface area (Å²) < 4.78 is 68.2. The monoisotopic (exact) mass is 467 g/mol. The molecule has 3 heterocycles. The zero-order valence-corrected chi connectivity index (χ0v) is 17.2. The summed E-state index contributed by atoms with van der Waals surface area (Å²) in [6, 6.07) is 5.04. The fourth-order valence-corrected chi connectivity index (χ4v) is 3.48. The van der Waals surface area contributed by atoms with Gasteiger partial charge in [0.2, 0.25) is 0 Å². The van der Waals surface area contributed by atoms with Crippen molar-refractivity contribution in [3.63, 3.8) is 0 Å². The maximum atomic E-state index is 14.4. The van der Waals surface area contributed by atoms with Crippen molar-refractivity contribution in [1.29, 1.82) is 0 Å². The highest BCUT2D eigenvalue weighted by Gasteiger charge is 2.33. The standard InChI is InChI=1S/C21H18F5N7.2H2/c1-2-3-14(12-5-4-11(22)8-13(12)23)30-17-9-15(28-10-29-17)18-19(27)32-33-7-6-16(21(24,25)26)31-20(18)33;;/h4-10,14H,2-3H2,1H3,(H2,27,32)(H,28,29,30);2*1H/t14-;;/m0../s1. The van der Waals surface area contributed by atoms with E-state index in [0.29, 0.717) is 12.8 Å². The molecule has 0 unspecified atom stereocenters. The summed E-state index contributed by atoms with van der Waals surface area (Å²) in [6.07, 6.45) is -1.14. The molecule has 33 heavy (non-hydrogen) atoms. The largest absolute Gasteiger partial charge is 0.433 e. The number of hydrogen-bond donors (Lipinski definition) is 2. The number of alkyl halides is 3. The fraction of sp³-hybridized carbons (Fsp3) is 0.238. The molecule has 0 bridgehead atoms. The molecule has 4 aromatic rings. The Balaban J connectivity index is 0.00000216. The molecule has 176 valence electrons. The molecule has 4 rings (SSSR count). The van der Waals surface area contributed by atoms with E-state index in [9.17, 15) is 22.0 Å². The lowest BCUT2D eigenvalue weighted by Gasteiger charge is -2.20. The van der Waals surface area contributed by atoms with Crippen LogP contribution in [-0.4, -0.2) is 24.6 Å². The number of nitrogens with zero attached hydrogens (tertiary/aromatic N) is 5. The Hall–Kier alpha value is -3.83. The molecule has 0 radical (unpaired) electrons. The number of hydrogen-bond acceptors (Lipinski definition) is 6. The number of halogens is 5. The summed E-state index contributed by atoms with van der Waals surface area (Å²) >= 11 is 0. The van der Waals surface area contributed by atoms with E-state index in [-0.39, 0.29) is 37.0 Å². The van der Waals surface area contributed by atoms with Crippen LogP contribution in [-0.2, 0) is 6.18 Å². The molecule has 7 nitrogen and oxygen atoms in total. The van der Waals surface area contributed by atoms with Crippen molar-refractivity contribution in [1.82, 2.24) is 24.6 Å². The second kappa shape index (κ2) is 8.60. The van der Waals surface area contributed by atoms with E-state index in [4.69, 9.17) is 5.73 Å². The average molecular weight is 467 g/mol. The van der Waals surface area contributed by atoms with Crippen LogP contribution >= 0.6 is 0 Å². The first kappa shape index (κ1) is 22.4. The van der Waals surface area contributed by atoms with Crippen molar-refractivity contribution in [2.24, 2.45) is 0 Å². The van der Waals surface area contributed by atoms with Crippen LogP contribution in [0.15, 0.2) is 42.9 Å². The van der Waals surface area contributed by atoms with Crippen LogP contribution in [0.4, 0.5) is 33.6 Å². The fourth-order valence-electron chi connectivity index (χ4n) is 3.48. The third-order valence-corrected chi connectivity index (χ3v) is 4.96. The summed E-state index contributed by atoms with van der Waals surface area (Å²) in [5.41, 5.74) is 5.27. The van der Waals surface area contributed by atoms with Crippen LogP contribution in [0.3, 0.4) is 0 Å². The van der Waals surface area contributed by atoms with Crippen molar-refractivity contribution in [2.45, 2.75) is 32.0 Å². The van der Waals surface area contributed by atoms with Crippen molar-refractivity contribution in [3.8, 4) is 11.3 Å². The van der Waals surface area contributed by atoms with E-state index in [2.05, 4.69) is 25.4 Å². The van der Waals surface area contributed by atoms with E-state index in [1.54, 1.807) is 0 Å². The molecule has 0 saturated carbocycles. The molecule has 0 spiro atoms. The smallest absolute Gasteiger partial charge is 0.382 e. The van der Waals surface area contributed by atoms with Gasteiger partial charge in [0.1, 0.15) is 29.5 Å². The Labute approximate surface area is 187 Å². The van der Waals surface area contributed by atoms with E-state index >= 15 is 0 Å². The molecule has 0 aliphatic heterocycles. The quantitative estimate of drug-likeness (QED) is 0.363. The number of nitrogens with two attached hydrogens (primary N) is 1. The Kier molecular flexibility index (Phi) is 5.83. The van der Waals surface area contributed by atoms with Gasteiger partial charge in [-0.1, -0.05) is 19.4 Å². The van der Waals surface area contributed by atoms with Gasteiger partial charge < -0.3 is 11.1 Å². The van der Waals surface area contributed by atoms with E-state index in [1.165, 1.54) is 18.5 Å². The number of aromatic nitrogens is 5. The van der Waals surface area contributed by atoms with E-state index < -0.39 is 29.5 Å². The maximum Gasteiger partial charge on any atom is 0.433 e. The summed E-state index contributed by atoms with van der Waals surface area (Å²) in [4.78, 5) is 11.9. The molecule has 1 atom stereocenters. The zero-order valence-electron chi connectivity index (χ0n) is 17.2. The molecule has 0 aliphatic rings. The van der Waals surface area contributed by atoms with Gasteiger partial charge in [0.15, 0.2) is 11.5 Å². The molecule has 3 N–H and O–H groups in total. The maximum absolute atomic E-state index is 14.4. The van der Waals surface area contributed by atoms with Gasteiger partial charge in [-0.15, -0.1) is 5.10 Å². The molecule has 0 amide bonds. The Morgan fingerprint density at radius 3 is 2.64 bits per heavy atom. The Bertz CT molecular complexity index is 1310. The van der Waals surface area contributed by atoms with Gasteiger partial charge in [-0.25, -0.2) is 28.2 Å². The van der Waals surface area contributed by atoms with Crippen LogP contribution in [0.25, 0.3) is 16.9 Å². The minimum absolute atomic E-state index is 0. The second-order valence-electron chi connectivity index (χ2n) is 7.28.